The zero-order chi connectivity index (χ0) is 21.6. The van der Waals surface area contributed by atoms with Crippen LogP contribution >= 0.6 is 11.8 Å². The van der Waals surface area contributed by atoms with Gasteiger partial charge in [0.05, 0.1) is 6.04 Å². The molecule has 2 atom stereocenters. The monoisotopic (exact) mass is 439 g/mol. The molecule has 1 fully saturated rings. The Labute approximate surface area is 183 Å². The molecule has 8 heteroatoms. The quantitative estimate of drug-likeness (QED) is 0.720. The second-order valence-electron chi connectivity index (χ2n) is 8.18. The molecule has 2 heterocycles. The van der Waals surface area contributed by atoms with Crippen LogP contribution in [0, 0.1) is 5.82 Å². The molecule has 160 valence electrons. The van der Waals surface area contributed by atoms with Crippen molar-refractivity contribution in [1.82, 2.24) is 15.5 Å². The van der Waals surface area contributed by atoms with Crippen LogP contribution in [-0.4, -0.2) is 35.0 Å². The highest BCUT2D eigenvalue weighted by Gasteiger charge is 2.54. The number of carbonyl (C=O) groups excluding carboxylic acids is 3. The Bertz CT molecular complexity index is 1090. The smallest absolute Gasteiger partial charge is 0.325 e. The number of nitrogens with zero attached hydrogens (tertiary/aromatic N) is 1. The lowest BCUT2D eigenvalue weighted by Crippen LogP contribution is -2.47. The molecular weight excluding hydrogens is 417 g/mol. The van der Waals surface area contributed by atoms with Gasteiger partial charge >= 0.3 is 6.03 Å². The van der Waals surface area contributed by atoms with E-state index in [0.717, 1.165) is 45.1 Å². The van der Waals surface area contributed by atoms with Gasteiger partial charge in [-0.05, 0) is 60.6 Å². The molecule has 0 aromatic heterocycles. The molecule has 2 aromatic carbocycles. The number of aryl methyl sites for hydroxylation is 1. The van der Waals surface area contributed by atoms with Gasteiger partial charge in [-0.3, -0.25) is 14.5 Å². The Morgan fingerprint density at radius 1 is 1.26 bits per heavy atom. The molecule has 1 aliphatic carbocycles. The van der Waals surface area contributed by atoms with Gasteiger partial charge in [0.2, 0.25) is 5.91 Å². The fourth-order valence-corrected chi connectivity index (χ4v) is 5.96. The van der Waals surface area contributed by atoms with Gasteiger partial charge in [-0.15, -0.1) is 11.8 Å². The second-order valence-corrected chi connectivity index (χ2v) is 9.31. The first-order chi connectivity index (χ1) is 15.0. The summed E-state index contributed by atoms with van der Waals surface area (Å²) in [7, 11) is 0. The van der Waals surface area contributed by atoms with Crippen LogP contribution in [0.4, 0.5) is 9.18 Å². The van der Waals surface area contributed by atoms with Crippen molar-refractivity contribution in [3.8, 4) is 0 Å². The molecule has 1 spiro atoms. The number of rotatable bonds is 3. The maximum atomic E-state index is 13.7. The summed E-state index contributed by atoms with van der Waals surface area (Å²) in [6, 6.07) is 11.3. The number of fused-ring (bicyclic) bond motifs is 3. The Balaban J connectivity index is 1.34. The van der Waals surface area contributed by atoms with Crippen LogP contribution in [0.25, 0.3) is 0 Å². The van der Waals surface area contributed by atoms with E-state index in [4.69, 9.17) is 0 Å². The van der Waals surface area contributed by atoms with Crippen molar-refractivity contribution in [2.45, 2.75) is 42.2 Å². The highest BCUT2D eigenvalue weighted by molar-refractivity contribution is 7.99. The standard InChI is InChI=1S/C23H22FN3O3S/c24-15-7-8-19-16(12-15)18(9-11-31-19)25-20(28)13-27-21(29)23(26-22(27)30)10-3-5-14-4-1-2-6-17(14)23/h1-2,4,6-8,12,18H,3,5,9-11,13H2,(H,25,28)(H,26,30). The average Bonchev–Trinajstić information content (AvgIpc) is 2.99. The van der Waals surface area contributed by atoms with Crippen molar-refractivity contribution >= 4 is 29.6 Å². The third-order valence-electron chi connectivity index (χ3n) is 6.30. The van der Waals surface area contributed by atoms with E-state index in [-0.39, 0.29) is 24.3 Å². The van der Waals surface area contributed by atoms with Crippen molar-refractivity contribution in [1.29, 1.82) is 0 Å². The van der Waals surface area contributed by atoms with Gasteiger partial charge in [0.1, 0.15) is 17.9 Å². The largest absolute Gasteiger partial charge is 0.348 e. The third kappa shape index (κ3) is 3.39. The van der Waals surface area contributed by atoms with Crippen LogP contribution in [0.2, 0.25) is 0 Å². The van der Waals surface area contributed by atoms with Gasteiger partial charge in [0, 0.05) is 10.6 Å². The number of nitrogens with one attached hydrogen (secondary N) is 2. The van der Waals surface area contributed by atoms with Crippen molar-refractivity contribution < 1.29 is 18.8 Å². The number of carbonyl (C=O) groups is 3. The molecule has 2 N–H and O–H groups in total. The first-order valence-electron chi connectivity index (χ1n) is 10.4. The average molecular weight is 440 g/mol. The molecule has 31 heavy (non-hydrogen) atoms. The van der Waals surface area contributed by atoms with Crippen LogP contribution < -0.4 is 10.6 Å². The van der Waals surface area contributed by atoms with Crippen LogP contribution in [0.1, 0.15) is 42.0 Å². The van der Waals surface area contributed by atoms with Crippen LogP contribution in [0.5, 0.6) is 0 Å². The number of halogens is 1. The molecule has 4 amide bonds. The topological polar surface area (TPSA) is 78.5 Å². The molecule has 6 nitrogen and oxygen atoms in total. The molecule has 0 saturated carbocycles. The van der Waals surface area contributed by atoms with Gasteiger partial charge in [0.15, 0.2) is 0 Å². The minimum atomic E-state index is -1.09. The van der Waals surface area contributed by atoms with E-state index >= 15 is 0 Å². The SMILES string of the molecule is O=C(CN1C(=O)NC2(CCCc3ccccc32)C1=O)NC1CCSc2ccc(F)cc21. The van der Waals surface area contributed by atoms with E-state index < -0.39 is 17.5 Å². The van der Waals surface area contributed by atoms with Crippen molar-refractivity contribution in [2.24, 2.45) is 0 Å². The van der Waals surface area contributed by atoms with E-state index in [0.29, 0.717) is 12.8 Å². The Kier molecular flexibility index (Phi) is 4.97. The molecule has 5 rings (SSSR count). The van der Waals surface area contributed by atoms with E-state index in [1.807, 2.05) is 24.3 Å². The number of imide groups is 1. The lowest BCUT2D eigenvalue weighted by molar-refractivity contribution is -0.135. The molecule has 1 saturated heterocycles. The van der Waals surface area contributed by atoms with Crippen molar-refractivity contribution in [3.05, 3.63) is 65.0 Å². The van der Waals surface area contributed by atoms with Gasteiger partial charge in [-0.2, -0.15) is 0 Å². The van der Waals surface area contributed by atoms with Crippen LogP contribution in [0.15, 0.2) is 47.4 Å². The fraction of sp³-hybridized carbons (Fsp3) is 0.348. The molecular formula is C23H22FN3O3S. The number of urea groups is 1. The first-order valence-corrected chi connectivity index (χ1v) is 11.4. The maximum Gasteiger partial charge on any atom is 0.325 e. The highest BCUT2D eigenvalue weighted by atomic mass is 32.2. The van der Waals surface area contributed by atoms with E-state index in [9.17, 15) is 18.8 Å². The van der Waals surface area contributed by atoms with E-state index in [2.05, 4.69) is 10.6 Å². The summed E-state index contributed by atoms with van der Waals surface area (Å²) in [5.41, 5.74) is 1.51. The molecule has 2 aromatic rings. The summed E-state index contributed by atoms with van der Waals surface area (Å²) in [5.74, 6) is -0.373. The Hall–Kier alpha value is -2.87. The predicted octanol–water partition coefficient (Wildman–Crippen LogP) is 3.26. The zero-order valence-electron chi connectivity index (χ0n) is 16.8. The summed E-state index contributed by atoms with van der Waals surface area (Å²) in [5, 5.41) is 5.75. The minimum Gasteiger partial charge on any atom is -0.348 e. The Morgan fingerprint density at radius 3 is 2.97 bits per heavy atom. The van der Waals surface area contributed by atoms with Crippen LogP contribution in [0.3, 0.4) is 0 Å². The second kappa shape index (κ2) is 7.67. The molecule has 3 aliphatic rings. The zero-order valence-corrected chi connectivity index (χ0v) is 17.6. The maximum absolute atomic E-state index is 13.7. The number of hydrogen-bond acceptors (Lipinski definition) is 4. The minimum absolute atomic E-state index is 0.343. The lowest BCUT2D eigenvalue weighted by atomic mass is 9.76. The predicted molar refractivity (Wildman–Crippen MR) is 114 cm³/mol. The van der Waals surface area contributed by atoms with Gasteiger partial charge in [-0.25, -0.2) is 9.18 Å². The van der Waals surface area contributed by atoms with Gasteiger partial charge < -0.3 is 10.6 Å². The fourth-order valence-electron chi connectivity index (χ4n) is 4.85. The molecule has 2 unspecified atom stereocenters. The third-order valence-corrected chi connectivity index (χ3v) is 7.42. The summed E-state index contributed by atoms with van der Waals surface area (Å²) < 4.78 is 13.7. The summed E-state index contributed by atoms with van der Waals surface area (Å²) in [4.78, 5) is 40.8. The molecule has 2 aliphatic heterocycles. The van der Waals surface area contributed by atoms with Crippen molar-refractivity contribution in [2.75, 3.05) is 12.3 Å². The summed E-state index contributed by atoms with van der Waals surface area (Å²) in [6.45, 7) is -0.358. The number of hydrogen-bond donors (Lipinski definition) is 2. The van der Waals surface area contributed by atoms with Crippen molar-refractivity contribution in [3.63, 3.8) is 0 Å². The number of amides is 4. The van der Waals surface area contributed by atoms with E-state index in [1.165, 1.54) is 12.1 Å². The normalized spacial score (nSPS) is 24.5. The summed E-state index contributed by atoms with van der Waals surface area (Å²) >= 11 is 1.62. The number of thioether (sulfide) groups is 1. The highest BCUT2D eigenvalue weighted by Crippen LogP contribution is 2.40. The van der Waals surface area contributed by atoms with Gasteiger partial charge in [-0.1, -0.05) is 24.3 Å². The van der Waals surface area contributed by atoms with Gasteiger partial charge in [0.25, 0.3) is 5.91 Å². The number of benzene rings is 2. The van der Waals surface area contributed by atoms with E-state index in [1.54, 1.807) is 17.8 Å². The lowest BCUT2D eigenvalue weighted by Gasteiger charge is -2.33. The molecule has 0 radical (unpaired) electrons. The van der Waals surface area contributed by atoms with Crippen LogP contribution in [-0.2, 0) is 21.5 Å². The first kappa shape index (κ1) is 20.1. The molecule has 0 bridgehead atoms. The summed E-state index contributed by atoms with van der Waals surface area (Å²) in [6.07, 6.45) is 2.81. The Morgan fingerprint density at radius 2 is 2.10 bits per heavy atom.